The molecule has 0 heterocycles. The van der Waals surface area contributed by atoms with Crippen molar-refractivity contribution < 1.29 is 23.8 Å². The number of aryl methyl sites for hydroxylation is 1. The Morgan fingerprint density at radius 3 is 2.17 bits per heavy atom. The van der Waals surface area contributed by atoms with Gasteiger partial charge in [-0.25, -0.2) is 0 Å². The molecule has 156 valence electrons. The number of nitrogens with zero attached hydrogens (tertiary/aromatic N) is 1. The van der Waals surface area contributed by atoms with E-state index in [2.05, 4.69) is 0 Å². The highest BCUT2D eigenvalue weighted by Crippen LogP contribution is 2.30. The SMILES string of the molecule is CCOc1ccc(C(=O)CCC(=O)N(C)Cc2cc(OC)c(OC)cc2C)cc1. The average molecular weight is 399 g/mol. The van der Waals surface area contributed by atoms with Crippen LogP contribution in [-0.4, -0.2) is 44.5 Å². The zero-order chi connectivity index (χ0) is 21.4. The van der Waals surface area contributed by atoms with Gasteiger partial charge in [-0.15, -0.1) is 0 Å². The van der Waals surface area contributed by atoms with E-state index in [4.69, 9.17) is 14.2 Å². The number of rotatable bonds is 10. The fourth-order valence-corrected chi connectivity index (χ4v) is 3.00. The van der Waals surface area contributed by atoms with E-state index < -0.39 is 0 Å². The molecule has 0 atom stereocenters. The molecule has 2 aromatic carbocycles. The summed E-state index contributed by atoms with van der Waals surface area (Å²) < 4.78 is 16.0. The Hall–Kier alpha value is -3.02. The zero-order valence-corrected chi connectivity index (χ0v) is 17.8. The molecule has 0 radical (unpaired) electrons. The van der Waals surface area contributed by atoms with Gasteiger partial charge < -0.3 is 19.1 Å². The lowest BCUT2D eigenvalue weighted by atomic mass is 10.1. The summed E-state index contributed by atoms with van der Waals surface area (Å²) in [4.78, 5) is 26.5. The summed E-state index contributed by atoms with van der Waals surface area (Å²) in [5.41, 5.74) is 2.56. The number of amides is 1. The molecule has 0 aliphatic rings. The Labute approximate surface area is 172 Å². The second-order valence-electron chi connectivity index (χ2n) is 6.76. The highest BCUT2D eigenvalue weighted by atomic mass is 16.5. The topological polar surface area (TPSA) is 65.1 Å². The van der Waals surface area contributed by atoms with Gasteiger partial charge in [0.2, 0.25) is 5.91 Å². The highest BCUT2D eigenvalue weighted by molar-refractivity contribution is 5.98. The summed E-state index contributed by atoms with van der Waals surface area (Å²) in [6, 6.07) is 10.8. The van der Waals surface area contributed by atoms with Crippen molar-refractivity contribution >= 4 is 11.7 Å². The molecule has 0 N–H and O–H groups in total. The molecular weight excluding hydrogens is 370 g/mol. The van der Waals surface area contributed by atoms with Gasteiger partial charge in [-0.05, 0) is 61.4 Å². The largest absolute Gasteiger partial charge is 0.494 e. The molecule has 0 spiro atoms. The maximum absolute atomic E-state index is 12.5. The molecule has 6 nitrogen and oxygen atoms in total. The van der Waals surface area contributed by atoms with Gasteiger partial charge in [0, 0.05) is 32.0 Å². The van der Waals surface area contributed by atoms with E-state index in [1.807, 2.05) is 26.0 Å². The maximum Gasteiger partial charge on any atom is 0.223 e. The Morgan fingerprint density at radius 2 is 1.59 bits per heavy atom. The fraction of sp³-hybridized carbons (Fsp3) is 0.391. The first-order chi connectivity index (χ1) is 13.9. The molecule has 0 bridgehead atoms. The summed E-state index contributed by atoms with van der Waals surface area (Å²) in [7, 11) is 4.91. The smallest absolute Gasteiger partial charge is 0.223 e. The second kappa shape index (κ2) is 10.5. The van der Waals surface area contributed by atoms with Gasteiger partial charge in [-0.3, -0.25) is 9.59 Å². The molecular formula is C23H29NO5. The lowest BCUT2D eigenvalue weighted by Gasteiger charge is -2.20. The van der Waals surface area contributed by atoms with Crippen molar-refractivity contribution in [3.05, 3.63) is 53.1 Å². The van der Waals surface area contributed by atoms with Gasteiger partial charge in [-0.2, -0.15) is 0 Å². The van der Waals surface area contributed by atoms with Gasteiger partial charge in [-0.1, -0.05) is 0 Å². The van der Waals surface area contributed by atoms with Crippen LogP contribution in [0.5, 0.6) is 17.2 Å². The quantitative estimate of drug-likeness (QED) is 0.564. The van der Waals surface area contributed by atoms with Gasteiger partial charge in [0.15, 0.2) is 17.3 Å². The van der Waals surface area contributed by atoms with Gasteiger partial charge in [0.25, 0.3) is 0 Å². The van der Waals surface area contributed by atoms with Gasteiger partial charge >= 0.3 is 0 Å². The standard InChI is InChI=1S/C23H29NO5/c1-6-29-19-9-7-17(8-10-19)20(25)11-12-23(26)24(3)15-18-14-22(28-5)21(27-4)13-16(18)2/h7-10,13-14H,6,11-12,15H2,1-5H3. The molecule has 0 unspecified atom stereocenters. The lowest BCUT2D eigenvalue weighted by Crippen LogP contribution is -2.27. The number of hydrogen-bond donors (Lipinski definition) is 0. The first-order valence-corrected chi connectivity index (χ1v) is 9.61. The predicted molar refractivity (Wildman–Crippen MR) is 112 cm³/mol. The third-order valence-corrected chi connectivity index (χ3v) is 4.73. The first-order valence-electron chi connectivity index (χ1n) is 9.61. The van der Waals surface area contributed by atoms with E-state index >= 15 is 0 Å². The van der Waals surface area contributed by atoms with E-state index in [0.29, 0.717) is 30.2 Å². The number of ketones is 1. The predicted octanol–water partition coefficient (Wildman–Crippen LogP) is 4.03. The summed E-state index contributed by atoms with van der Waals surface area (Å²) in [6.45, 7) is 4.88. The number of ether oxygens (including phenoxy) is 3. The number of benzene rings is 2. The number of carbonyl (C=O) groups excluding carboxylic acids is 2. The van der Waals surface area contributed by atoms with Crippen molar-refractivity contribution in [3.8, 4) is 17.2 Å². The molecule has 0 aliphatic heterocycles. The van der Waals surface area contributed by atoms with Gasteiger partial charge in [0.05, 0.1) is 20.8 Å². The molecule has 2 rings (SSSR count). The van der Waals surface area contributed by atoms with Crippen LogP contribution in [0.2, 0.25) is 0 Å². The van der Waals surface area contributed by atoms with Crippen LogP contribution in [-0.2, 0) is 11.3 Å². The number of carbonyl (C=O) groups is 2. The second-order valence-corrected chi connectivity index (χ2v) is 6.76. The fourth-order valence-electron chi connectivity index (χ4n) is 3.00. The Balaban J connectivity index is 1.94. The number of hydrogen-bond acceptors (Lipinski definition) is 5. The van der Waals surface area contributed by atoms with Crippen molar-refractivity contribution in [1.82, 2.24) is 4.90 Å². The molecule has 0 fully saturated rings. The number of Topliss-reactive ketones (excluding diaryl/α,β-unsaturated/α-hetero) is 1. The van der Waals surface area contributed by atoms with E-state index in [1.165, 1.54) is 0 Å². The minimum absolute atomic E-state index is 0.0582. The summed E-state index contributed by atoms with van der Waals surface area (Å²) >= 11 is 0. The maximum atomic E-state index is 12.5. The van der Waals surface area contributed by atoms with Crippen molar-refractivity contribution in [2.45, 2.75) is 33.2 Å². The summed E-state index contributed by atoms with van der Waals surface area (Å²) in [5, 5.41) is 0. The molecule has 29 heavy (non-hydrogen) atoms. The number of methoxy groups -OCH3 is 2. The minimum Gasteiger partial charge on any atom is -0.494 e. The van der Waals surface area contributed by atoms with E-state index in [1.54, 1.807) is 50.4 Å². The highest BCUT2D eigenvalue weighted by Gasteiger charge is 2.16. The molecule has 0 aliphatic carbocycles. The van der Waals surface area contributed by atoms with Gasteiger partial charge in [0.1, 0.15) is 5.75 Å². The molecule has 0 aromatic heterocycles. The summed E-state index contributed by atoms with van der Waals surface area (Å²) in [5.74, 6) is 1.86. The van der Waals surface area contributed by atoms with Crippen molar-refractivity contribution in [2.75, 3.05) is 27.9 Å². The molecule has 6 heteroatoms. The van der Waals surface area contributed by atoms with Crippen LogP contribution in [0.1, 0.15) is 41.3 Å². The molecule has 0 saturated carbocycles. The normalized spacial score (nSPS) is 10.4. The molecule has 2 aromatic rings. The summed E-state index contributed by atoms with van der Waals surface area (Å²) in [6.07, 6.45) is 0.330. The van der Waals surface area contributed by atoms with E-state index in [-0.39, 0.29) is 24.5 Å². The van der Waals surface area contributed by atoms with Crippen LogP contribution >= 0.6 is 0 Å². The zero-order valence-electron chi connectivity index (χ0n) is 17.8. The van der Waals surface area contributed by atoms with Crippen LogP contribution in [0.4, 0.5) is 0 Å². The third-order valence-electron chi connectivity index (χ3n) is 4.73. The monoisotopic (exact) mass is 399 g/mol. The van der Waals surface area contributed by atoms with Crippen LogP contribution < -0.4 is 14.2 Å². The Kier molecular flexibility index (Phi) is 8.07. The average Bonchev–Trinajstić information content (AvgIpc) is 2.73. The van der Waals surface area contributed by atoms with Crippen molar-refractivity contribution in [1.29, 1.82) is 0 Å². The Morgan fingerprint density at radius 1 is 0.966 bits per heavy atom. The van der Waals surface area contributed by atoms with E-state index in [9.17, 15) is 9.59 Å². The van der Waals surface area contributed by atoms with Crippen LogP contribution in [0.3, 0.4) is 0 Å². The molecule has 0 saturated heterocycles. The van der Waals surface area contributed by atoms with Crippen molar-refractivity contribution in [3.63, 3.8) is 0 Å². The Bertz CT molecular complexity index is 845. The van der Waals surface area contributed by atoms with Crippen LogP contribution in [0.25, 0.3) is 0 Å². The van der Waals surface area contributed by atoms with E-state index in [0.717, 1.165) is 16.9 Å². The minimum atomic E-state index is -0.0847. The third kappa shape index (κ3) is 5.98. The lowest BCUT2D eigenvalue weighted by molar-refractivity contribution is -0.130. The van der Waals surface area contributed by atoms with Crippen molar-refractivity contribution in [2.24, 2.45) is 0 Å². The van der Waals surface area contributed by atoms with Crippen LogP contribution in [0, 0.1) is 6.92 Å². The first kappa shape index (κ1) is 22.3. The van der Waals surface area contributed by atoms with Crippen LogP contribution in [0.15, 0.2) is 36.4 Å². The molecule has 1 amide bonds.